The molecule has 21 heavy (non-hydrogen) atoms. The van der Waals surface area contributed by atoms with Crippen LogP contribution < -0.4 is 10.1 Å². The Morgan fingerprint density at radius 2 is 1.76 bits per heavy atom. The Bertz CT molecular complexity index is 599. The number of thioether (sulfide) groups is 1. The molecule has 0 bridgehead atoms. The Labute approximate surface area is 133 Å². The number of carbonyl (C=O) groups is 1. The van der Waals surface area contributed by atoms with E-state index in [0.29, 0.717) is 16.5 Å². The minimum absolute atomic E-state index is 0.203. The summed E-state index contributed by atoms with van der Waals surface area (Å²) in [6, 6.07) is 14.6. The molecular weight excluding hydrogens is 306 g/mol. The molecule has 0 fully saturated rings. The summed E-state index contributed by atoms with van der Waals surface area (Å²) in [4.78, 5) is 13.2. The molecule has 110 valence electrons. The third-order valence-corrected chi connectivity index (χ3v) is 3.85. The first kappa shape index (κ1) is 15.7. The van der Waals surface area contributed by atoms with E-state index in [9.17, 15) is 4.79 Å². The Morgan fingerprint density at radius 1 is 1.14 bits per heavy atom. The van der Waals surface area contributed by atoms with Crippen molar-refractivity contribution in [3.05, 3.63) is 53.6 Å². The van der Waals surface area contributed by atoms with E-state index < -0.39 is 6.10 Å². The summed E-state index contributed by atoms with van der Waals surface area (Å²) in [6.45, 7) is 1.72. The van der Waals surface area contributed by atoms with E-state index in [1.807, 2.05) is 30.5 Å². The quantitative estimate of drug-likeness (QED) is 0.826. The van der Waals surface area contributed by atoms with Gasteiger partial charge in [0.15, 0.2) is 6.10 Å². The molecule has 0 saturated heterocycles. The van der Waals surface area contributed by atoms with Crippen molar-refractivity contribution in [2.24, 2.45) is 0 Å². The van der Waals surface area contributed by atoms with Gasteiger partial charge < -0.3 is 10.1 Å². The van der Waals surface area contributed by atoms with Crippen molar-refractivity contribution >= 4 is 35.0 Å². The highest BCUT2D eigenvalue weighted by molar-refractivity contribution is 7.98. The van der Waals surface area contributed by atoms with Crippen LogP contribution in [-0.4, -0.2) is 18.3 Å². The minimum atomic E-state index is -0.583. The Kier molecular flexibility index (Phi) is 5.53. The standard InChI is InChI=1S/C16H16ClNO2S/c1-11(20-14-7-9-15(21-2)10-8-14)16(19)18-13-5-3-12(17)4-6-13/h3-11H,1-2H3,(H,18,19). The lowest BCUT2D eigenvalue weighted by molar-refractivity contribution is -0.122. The fourth-order valence-corrected chi connectivity index (χ4v) is 2.22. The van der Waals surface area contributed by atoms with Crippen LogP contribution in [-0.2, 0) is 4.79 Å². The maximum Gasteiger partial charge on any atom is 0.265 e. The van der Waals surface area contributed by atoms with Gasteiger partial charge in [-0.15, -0.1) is 11.8 Å². The van der Waals surface area contributed by atoms with Crippen LogP contribution in [0.1, 0.15) is 6.92 Å². The summed E-state index contributed by atoms with van der Waals surface area (Å²) >= 11 is 7.46. The number of hydrogen-bond acceptors (Lipinski definition) is 3. The van der Waals surface area contributed by atoms with Gasteiger partial charge in [-0.3, -0.25) is 4.79 Å². The number of rotatable bonds is 5. The van der Waals surface area contributed by atoms with E-state index >= 15 is 0 Å². The van der Waals surface area contributed by atoms with E-state index in [-0.39, 0.29) is 5.91 Å². The van der Waals surface area contributed by atoms with Gasteiger partial charge in [-0.2, -0.15) is 0 Å². The van der Waals surface area contributed by atoms with Crippen molar-refractivity contribution in [1.29, 1.82) is 0 Å². The van der Waals surface area contributed by atoms with Gasteiger partial charge in [-0.25, -0.2) is 0 Å². The van der Waals surface area contributed by atoms with Crippen LogP contribution in [0.25, 0.3) is 0 Å². The highest BCUT2D eigenvalue weighted by Crippen LogP contribution is 2.20. The predicted molar refractivity (Wildman–Crippen MR) is 88.4 cm³/mol. The fourth-order valence-electron chi connectivity index (χ4n) is 1.69. The lowest BCUT2D eigenvalue weighted by Crippen LogP contribution is -2.30. The molecule has 3 nitrogen and oxygen atoms in total. The molecule has 1 unspecified atom stereocenters. The molecule has 0 radical (unpaired) electrons. The largest absolute Gasteiger partial charge is 0.481 e. The van der Waals surface area contributed by atoms with Crippen molar-refractivity contribution in [3.63, 3.8) is 0 Å². The second-order valence-electron chi connectivity index (χ2n) is 4.43. The summed E-state index contributed by atoms with van der Waals surface area (Å²) < 4.78 is 5.62. The lowest BCUT2D eigenvalue weighted by atomic mass is 10.3. The van der Waals surface area contributed by atoms with Crippen molar-refractivity contribution in [3.8, 4) is 5.75 Å². The molecule has 0 aliphatic rings. The van der Waals surface area contributed by atoms with Gasteiger partial charge in [0.1, 0.15) is 5.75 Å². The van der Waals surface area contributed by atoms with E-state index in [1.54, 1.807) is 43.0 Å². The number of carbonyl (C=O) groups excluding carboxylic acids is 1. The smallest absolute Gasteiger partial charge is 0.265 e. The molecule has 0 spiro atoms. The second kappa shape index (κ2) is 7.38. The molecule has 0 aromatic heterocycles. The number of halogens is 1. The highest BCUT2D eigenvalue weighted by atomic mass is 35.5. The van der Waals surface area contributed by atoms with Crippen LogP contribution >= 0.6 is 23.4 Å². The van der Waals surface area contributed by atoms with Crippen LogP contribution in [0.2, 0.25) is 5.02 Å². The van der Waals surface area contributed by atoms with Gasteiger partial charge in [0, 0.05) is 15.6 Å². The molecule has 5 heteroatoms. The molecule has 0 heterocycles. The molecule has 1 N–H and O–H groups in total. The molecule has 0 saturated carbocycles. The summed E-state index contributed by atoms with van der Waals surface area (Å²) in [5, 5.41) is 3.42. The maximum absolute atomic E-state index is 12.1. The number of hydrogen-bond donors (Lipinski definition) is 1. The van der Waals surface area contributed by atoms with E-state index in [4.69, 9.17) is 16.3 Å². The van der Waals surface area contributed by atoms with Crippen molar-refractivity contribution < 1.29 is 9.53 Å². The monoisotopic (exact) mass is 321 g/mol. The van der Waals surface area contributed by atoms with Crippen LogP contribution in [0, 0.1) is 0 Å². The van der Waals surface area contributed by atoms with E-state index in [0.717, 1.165) is 4.90 Å². The van der Waals surface area contributed by atoms with Gasteiger partial charge in [0.2, 0.25) is 0 Å². The number of benzene rings is 2. The summed E-state index contributed by atoms with van der Waals surface area (Å²) in [7, 11) is 0. The number of nitrogens with one attached hydrogen (secondary N) is 1. The minimum Gasteiger partial charge on any atom is -0.481 e. The lowest BCUT2D eigenvalue weighted by Gasteiger charge is -2.15. The van der Waals surface area contributed by atoms with Gasteiger partial charge in [-0.1, -0.05) is 11.6 Å². The molecule has 0 aliphatic heterocycles. The molecule has 2 rings (SSSR count). The molecular formula is C16H16ClNO2S. The zero-order valence-electron chi connectivity index (χ0n) is 11.8. The van der Waals surface area contributed by atoms with Crippen LogP contribution in [0.4, 0.5) is 5.69 Å². The molecule has 1 atom stereocenters. The SMILES string of the molecule is CSc1ccc(OC(C)C(=O)Nc2ccc(Cl)cc2)cc1. The predicted octanol–water partition coefficient (Wildman–Crippen LogP) is 4.47. The Hall–Kier alpha value is -1.65. The number of amides is 1. The zero-order chi connectivity index (χ0) is 15.2. The topological polar surface area (TPSA) is 38.3 Å². The molecule has 1 amide bonds. The third kappa shape index (κ3) is 4.69. The van der Waals surface area contributed by atoms with Gasteiger partial charge in [0.05, 0.1) is 0 Å². The Morgan fingerprint density at radius 3 is 2.33 bits per heavy atom. The van der Waals surface area contributed by atoms with Crippen LogP contribution in [0.3, 0.4) is 0 Å². The van der Waals surface area contributed by atoms with Crippen molar-refractivity contribution in [2.45, 2.75) is 17.9 Å². The molecule has 2 aromatic rings. The van der Waals surface area contributed by atoms with E-state index in [2.05, 4.69) is 5.32 Å². The van der Waals surface area contributed by atoms with Crippen LogP contribution in [0.5, 0.6) is 5.75 Å². The highest BCUT2D eigenvalue weighted by Gasteiger charge is 2.14. The van der Waals surface area contributed by atoms with Crippen molar-refractivity contribution in [1.82, 2.24) is 0 Å². The first-order valence-electron chi connectivity index (χ1n) is 6.45. The average molecular weight is 322 g/mol. The second-order valence-corrected chi connectivity index (χ2v) is 5.75. The van der Waals surface area contributed by atoms with E-state index in [1.165, 1.54) is 0 Å². The van der Waals surface area contributed by atoms with Gasteiger partial charge in [-0.05, 0) is 61.7 Å². The first-order chi connectivity index (χ1) is 10.1. The normalized spacial score (nSPS) is 11.8. The van der Waals surface area contributed by atoms with Gasteiger partial charge >= 0.3 is 0 Å². The molecule has 2 aromatic carbocycles. The summed E-state index contributed by atoms with van der Waals surface area (Å²) in [5.74, 6) is 0.470. The maximum atomic E-state index is 12.1. The molecule has 0 aliphatic carbocycles. The third-order valence-electron chi connectivity index (χ3n) is 2.85. The fraction of sp³-hybridized carbons (Fsp3) is 0.188. The van der Waals surface area contributed by atoms with Crippen LogP contribution in [0.15, 0.2) is 53.4 Å². The summed E-state index contributed by atoms with van der Waals surface area (Å²) in [5.41, 5.74) is 0.692. The van der Waals surface area contributed by atoms with Gasteiger partial charge in [0.25, 0.3) is 5.91 Å². The first-order valence-corrected chi connectivity index (χ1v) is 8.06. The number of anilines is 1. The number of ether oxygens (including phenoxy) is 1. The van der Waals surface area contributed by atoms with Crippen molar-refractivity contribution in [2.75, 3.05) is 11.6 Å². The average Bonchev–Trinajstić information content (AvgIpc) is 2.50. The summed E-state index contributed by atoms with van der Waals surface area (Å²) in [6.07, 6.45) is 1.43. The Balaban J connectivity index is 1.93. The zero-order valence-corrected chi connectivity index (χ0v) is 13.4.